The molecule has 1 aliphatic heterocycles. The number of nitrogens with one attached hydrogen (secondary N) is 1. The molecule has 0 bridgehead atoms. The van der Waals surface area contributed by atoms with Gasteiger partial charge in [0.15, 0.2) is 5.13 Å². The smallest absolute Gasteiger partial charge is 0.257 e. The topological polar surface area (TPSA) is 60.5 Å². The molecule has 1 aromatic heterocycles. The molecular formula is C19H18N2O3S. The normalized spacial score (nSPS) is 16.9. The zero-order valence-electron chi connectivity index (χ0n) is 13.6. The maximum Gasteiger partial charge on any atom is 0.257 e. The highest BCUT2D eigenvalue weighted by Crippen LogP contribution is 2.26. The average molecular weight is 354 g/mol. The Bertz CT molecular complexity index is 837. The van der Waals surface area contributed by atoms with Crippen LogP contribution in [0, 0.1) is 0 Å². The van der Waals surface area contributed by atoms with Gasteiger partial charge in [-0.1, -0.05) is 23.5 Å². The predicted molar refractivity (Wildman–Crippen MR) is 98.5 cm³/mol. The van der Waals surface area contributed by atoms with Crippen molar-refractivity contribution in [3.05, 3.63) is 54.1 Å². The molecule has 1 fully saturated rings. The minimum Gasteiger partial charge on any atom is -0.491 e. The predicted octanol–water partition coefficient (Wildman–Crippen LogP) is 4.11. The van der Waals surface area contributed by atoms with E-state index in [4.69, 9.17) is 9.47 Å². The zero-order chi connectivity index (χ0) is 17.1. The first-order chi connectivity index (χ1) is 12.3. The van der Waals surface area contributed by atoms with Crippen LogP contribution >= 0.6 is 11.3 Å². The lowest BCUT2D eigenvalue weighted by atomic mass is 10.2. The van der Waals surface area contributed by atoms with Gasteiger partial charge < -0.3 is 9.47 Å². The minimum atomic E-state index is -0.176. The highest BCUT2D eigenvalue weighted by molar-refractivity contribution is 7.22. The van der Waals surface area contributed by atoms with Crippen molar-refractivity contribution in [3.8, 4) is 5.75 Å². The second kappa shape index (κ2) is 7.21. The van der Waals surface area contributed by atoms with Crippen molar-refractivity contribution in [2.24, 2.45) is 0 Å². The Morgan fingerprint density at radius 2 is 2.08 bits per heavy atom. The molecule has 0 saturated carbocycles. The lowest BCUT2D eigenvalue weighted by molar-refractivity contribution is 0.0679. The monoisotopic (exact) mass is 354 g/mol. The van der Waals surface area contributed by atoms with Crippen molar-refractivity contribution in [1.29, 1.82) is 0 Å². The second-order valence-corrected chi connectivity index (χ2v) is 6.94. The number of benzene rings is 2. The van der Waals surface area contributed by atoms with Crippen LogP contribution in [-0.2, 0) is 4.74 Å². The minimum absolute atomic E-state index is 0.176. The maximum atomic E-state index is 12.4. The van der Waals surface area contributed by atoms with Crippen molar-refractivity contribution in [2.75, 3.05) is 18.5 Å². The molecule has 128 valence electrons. The number of carbonyl (C=O) groups excluding carboxylic acids is 1. The Labute approximate surface area is 149 Å². The van der Waals surface area contributed by atoms with Crippen LogP contribution in [0.4, 0.5) is 5.13 Å². The Morgan fingerprint density at radius 1 is 1.24 bits per heavy atom. The van der Waals surface area contributed by atoms with Crippen LogP contribution in [0.1, 0.15) is 23.2 Å². The molecule has 1 saturated heterocycles. The van der Waals surface area contributed by atoms with Gasteiger partial charge in [0, 0.05) is 12.2 Å². The molecule has 4 rings (SSSR count). The molecule has 1 amide bonds. The number of para-hydroxylation sites is 1. The molecular weight excluding hydrogens is 336 g/mol. The summed E-state index contributed by atoms with van der Waals surface area (Å²) in [6, 6.07) is 14.9. The first-order valence-electron chi connectivity index (χ1n) is 8.29. The van der Waals surface area contributed by atoms with Gasteiger partial charge in [0.2, 0.25) is 0 Å². The fourth-order valence-electron chi connectivity index (χ4n) is 2.76. The molecule has 1 unspecified atom stereocenters. The fraction of sp³-hybridized carbons (Fsp3) is 0.263. The summed E-state index contributed by atoms with van der Waals surface area (Å²) >= 11 is 1.46. The molecule has 1 N–H and O–H groups in total. The molecule has 0 aliphatic carbocycles. The lowest BCUT2D eigenvalue weighted by Crippen LogP contribution is -2.16. The van der Waals surface area contributed by atoms with Gasteiger partial charge in [-0.15, -0.1) is 0 Å². The third-order valence-electron chi connectivity index (χ3n) is 4.09. The molecule has 0 spiro atoms. The van der Waals surface area contributed by atoms with E-state index in [9.17, 15) is 4.79 Å². The summed E-state index contributed by atoms with van der Waals surface area (Å²) in [7, 11) is 0. The van der Waals surface area contributed by atoms with E-state index in [2.05, 4.69) is 10.3 Å². The Balaban J connectivity index is 1.38. The van der Waals surface area contributed by atoms with Crippen molar-refractivity contribution >= 4 is 32.6 Å². The number of aromatic nitrogens is 1. The number of anilines is 1. The van der Waals surface area contributed by atoms with Crippen LogP contribution in [-0.4, -0.2) is 30.2 Å². The molecule has 2 heterocycles. The van der Waals surface area contributed by atoms with Crippen LogP contribution in [0.5, 0.6) is 5.75 Å². The third-order valence-corrected chi connectivity index (χ3v) is 5.04. The Kier molecular flexibility index (Phi) is 4.63. The van der Waals surface area contributed by atoms with Gasteiger partial charge in [0.05, 0.1) is 16.3 Å². The number of ether oxygens (including phenoxy) is 2. The third kappa shape index (κ3) is 3.81. The van der Waals surface area contributed by atoms with Crippen LogP contribution in [0.3, 0.4) is 0 Å². The van der Waals surface area contributed by atoms with Crippen LogP contribution < -0.4 is 10.1 Å². The summed E-state index contributed by atoms with van der Waals surface area (Å²) < 4.78 is 12.3. The largest absolute Gasteiger partial charge is 0.491 e. The summed E-state index contributed by atoms with van der Waals surface area (Å²) in [5.74, 6) is 0.566. The zero-order valence-corrected chi connectivity index (χ0v) is 14.4. The molecule has 1 atom stereocenters. The van der Waals surface area contributed by atoms with Gasteiger partial charge in [-0.3, -0.25) is 10.1 Å². The number of nitrogens with zero attached hydrogens (tertiary/aromatic N) is 1. The van der Waals surface area contributed by atoms with E-state index in [1.165, 1.54) is 11.3 Å². The highest BCUT2D eigenvalue weighted by atomic mass is 32.1. The lowest BCUT2D eigenvalue weighted by Gasteiger charge is -2.11. The first-order valence-corrected chi connectivity index (χ1v) is 9.11. The number of thiazole rings is 1. The van der Waals surface area contributed by atoms with E-state index in [0.29, 0.717) is 17.3 Å². The molecule has 6 heteroatoms. The van der Waals surface area contributed by atoms with E-state index in [1.54, 1.807) is 12.1 Å². The Morgan fingerprint density at radius 3 is 2.84 bits per heavy atom. The summed E-state index contributed by atoms with van der Waals surface area (Å²) in [5.41, 5.74) is 1.46. The van der Waals surface area contributed by atoms with Crippen LogP contribution in [0.2, 0.25) is 0 Å². The van der Waals surface area contributed by atoms with E-state index < -0.39 is 0 Å². The van der Waals surface area contributed by atoms with Gasteiger partial charge in [-0.25, -0.2) is 4.98 Å². The van der Waals surface area contributed by atoms with Crippen LogP contribution in [0.15, 0.2) is 48.5 Å². The quantitative estimate of drug-likeness (QED) is 0.749. The molecule has 25 heavy (non-hydrogen) atoms. The summed E-state index contributed by atoms with van der Waals surface area (Å²) in [5, 5.41) is 3.45. The van der Waals surface area contributed by atoms with Crippen molar-refractivity contribution in [1.82, 2.24) is 4.98 Å². The molecule has 1 aliphatic rings. The summed E-state index contributed by atoms with van der Waals surface area (Å²) in [6.45, 7) is 1.37. The number of hydrogen-bond donors (Lipinski definition) is 1. The van der Waals surface area contributed by atoms with Crippen LogP contribution in [0.25, 0.3) is 10.2 Å². The van der Waals surface area contributed by atoms with E-state index >= 15 is 0 Å². The fourth-order valence-corrected chi connectivity index (χ4v) is 3.62. The van der Waals surface area contributed by atoms with Gasteiger partial charge in [-0.2, -0.15) is 0 Å². The first kappa shape index (κ1) is 16.1. The SMILES string of the molecule is O=C(Nc1nc2ccccc2s1)c1ccc(OCC2CCCO2)cc1. The van der Waals surface area contributed by atoms with Crippen molar-refractivity contribution in [3.63, 3.8) is 0 Å². The molecule has 3 aromatic rings. The number of carbonyl (C=O) groups is 1. The number of hydrogen-bond acceptors (Lipinski definition) is 5. The summed E-state index contributed by atoms with van der Waals surface area (Å²) in [6.07, 6.45) is 2.32. The maximum absolute atomic E-state index is 12.4. The highest BCUT2D eigenvalue weighted by Gasteiger charge is 2.16. The van der Waals surface area contributed by atoms with Gasteiger partial charge in [0.25, 0.3) is 5.91 Å². The van der Waals surface area contributed by atoms with Gasteiger partial charge >= 0.3 is 0 Å². The Hall–Kier alpha value is -2.44. The van der Waals surface area contributed by atoms with E-state index in [-0.39, 0.29) is 12.0 Å². The summed E-state index contributed by atoms with van der Waals surface area (Å²) in [4.78, 5) is 16.8. The molecule has 0 radical (unpaired) electrons. The van der Waals surface area contributed by atoms with Gasteiger partial charge in [-0.05, 0) is 49.2 Å². The van der Waals surface area contributed by atoms with Crippen molar-refractivity contribution in [2.45, 2.75) is 18.9 Å². The van der Waals surface area contributed by atoms with Gasteiger partial charge in [0.1, 0.15) is 12.4 Å². The second-order valence-electron chi connectivity index (χ2n) is 5.91. The number of rotatable bonds is 5. The average Bonchev–Trinajstić information content (AvgIpc) is 3.29. The van der Waals surface area contributed by atoms with Crippen molar-refractivity contribution < 1.29 is 14.3 Å². The van der Waals surface area contributed by atoms with E-state index in [1.807, 2.05) is 36.4 Å². The number of fused-ring (bicyclic) bond motifs is 1. The number of amides is 1. The van der Waals surface area contributed by atoms with E-state index in [0.717, 1.165) is 35.4 Å². The molecule has 2 aromatic carbocycles. The standard InChI is InChI=1S/C19H18N2O3S/c22-18(21-19-20-16-5-1-2-6-17(16)25-19)13-7-9-14(10-8-13)24-12-15-4-3-11-23-15/h1-2,5-10,15H,3-4,11-12H2,(H,20,21,22). The molecule has 5 nitrogen and oxygen atoms in total.